The molecule has 0 aliphatic heterocycles. The zero-order chi connectivity index (χ0) is 22.7. The van der Waals surface area contributed by atoms with Gasteiger partial charge in [0, 0.05) is 30.0 Å². The van der Waals surface area contributed by atoms with E-state index in [1.165, 1.54) is 14.0 Å². The summed E-state index contributed by atoms with van der Waals surface area (Å²) in [5.41, 5.74) is 1.51. The molecule has 1 atom stereocenters. The highest BCUT2D eigenvalue weighted by atomic mass is 16.5. The van der Waals surface area contributed by atoms with Gasteiger partial charge < -0.3 is 24.4 Å². The highest BCUT2D eigenvalue weighted by Gasteiger charge is 2.17. The number of ketones is 1. The second-order valence-electron chi connectivity index (χ2n) is 7.16. The molecule has 4 rings (SSSR count). The normalized spacial score (nSPS) is 12.0. The summed E-state index contributed by atoms with van der Waals surface area (Å²) in [4.78, 5) is 21.1. The Labute approximate surface area is 184 Å². The largest absolute Gasteiger partial charge is 0.493 e. The molecule has 164 valence electrons. The number of hydrogen-bond acceptors (Lipinski definition) is 8. The van der Waals surface area contributed by atoms with Crippen LogP contribution in [0.4, 0.5) is 0 Å². The number of fused-ring (bicyclic) bond motifs is 2. The van der Waals surface area contributed by atoms with Crippen molar-refractivity contribution in [2.24, 2.45) is 0 Å². The van der Waals surface area contributed by atoms with E-state index >= 15 is 0 Å². The van der Waals surface area contributed by atoms with Crippen LogP contribution in [-0.4, -0.2) is 52.4 Å². The van der Waals surface area contributed by atoms with Gasteiger partial charge in [0.25, 0.3) is 0 Å². The van der Waals surface area contributed by atoms with Crippen LogP contribution in [0.25, 0.3) is 21.8 Å². The zero-order valence-corrected chi connectivity index (χ0v) is 17.6. The second kappa shape index (κ2) is 9.17. The Morgan fingerprint density at radius 2 is 1.84 bits per heavy atom. The predicted molar refractivity (Wildman–Crippen MR) is 119 cm³/mol. The number of pyridine rings is 2. The maximum Gasteiger partial charge on any atom is 0.181 e. The van der Waals surface area contributed by atoms with Gasteiger partial charge in [0.1, 0.15) is 24.2 Å². The van der Waals surface area contributed by atoms with Gasteiger partial charge in [-0.2, -0.15) is 0 Å². The molecule has 4 aromatic rings. The summed E-state index contributed by atoms with van der Waals surface area (Å²) in [5, 5.41) is 20.1. The smallest absolute Gasteiger partial charge is 0.181 e. The molecular formula is C24H22N2O6. The van der Waals surface area contributed by atoms with Crippen LogP contribution in [0.1, 0.15) is 17.4 Å². The van der Waals surface area contributed by atoms with Gasteiger partial charge in [-0.3, -0.25) is 9.78 Å². The summed E-state index contributed by atoms with van der Waals surface area (Å²) < 4.78 is 17.2. The summed E-state index contributed by atoms with van der Waals surface area (Å²) in [7, 11) is 1.49. The number of Topliss-reactive ketones (excluding diaryl/α,β-unsaturated/α-hetero) is 1. The van der Waals surface area contributed by atoms with E-state index in [1.807, 2.05) is 24.3 Å². The van der Waals surface area contributed by atoms with Gasteiger partial charge in [0.15, 0.2) is 23.0 Å². The van der Waals surface area contributed by atoms with Gasteiger partial charge in [0.05, 0.1) is 24.8 Å². The second-order valence-corrected chi connectivity index (χ2v) is 7.16. The third kappa shape index (κ3) is 4.32. The van der Waals surface area contributed by atoms with Crippen LogP contribution in [0.15, 0.2) is 54.7 Å². The first-order valence-corrected chi connectivity index (χ1v) is 9.97. The number of ether oxygens (including phenoxy) is 3. The third-order valence-electron chi connectivity index (χ3n) is 4.87. The molecule has 2 aromatic carbocycles. The van der Waals surface area contributed by atoms with Crippen LogP contribution in [0.3, 0.4) is 0 Å². The molecule has 1 unspecified atom stereocenters. The Morgan fingerprint density at radius 1 is 1.03 bits per heavy atom. The Kier molecular flexibility index (Phi) is 6.16. The lowest BCUT2D eigenvalue weighted by Gasteiger charge is -2.16. The number of aliphatic hydroxyl groups excluding tert-OH is 2. The van der Waals surface area contributed by atoms with E-state index in [1.54, 1.807) is 30.5 Å². The molecule has 0 saturated heterocycles. The molecule has 2 heterocycles. The first-order chi connectivity index (χ1) is 15.5. The monoisotopic (exact) mass is 434 g/mol. The van der Waals surface area contributed by atoms with Crippen molar-refractivity contribution in [1.82, 2.24) is 9.97 Å². The average molecular weight is 434 g/mol. The minimum absolute atomic E-state index is 0.0979. The molecule has 2 N–H and O–H groups in total. The molecular weight excluding hydrogens is 412 g/mol. The number of carbonyl (C=O) groups excluding carboxylic acids is 1. The van der Waals surface area contributed by atoms with Gasteiger partial charge in [-0.1, -0.05) is 18.2 Å². The van der Waals surface area contributed by atoms with Crippen LogP contribution in [0, 0.1) is 0 Å². The molecule has 0 bridgehead atoms. The minimum atomic E-state index is -1.01. The SMILES string of the molecule is COc1cc2c(Oc3cc4ccccc4nc3C(C)=O)ccnc2cc1OCC(O)CO. The number of methoxy groups -OCH3 is 1. The molecule has 0 aliphatic rings. The molecule has 0 radical (unpaired) electrons. The molecule has 0 saturated carbocycles. The van der Waals surface area contributed by atoms with E-state index in [4.69, 9.17) is 19.3 Å². The summed E-state index contributed by atoms with van der Waals surface area (Å²) >= 11 is 0. The number of nitrogens with zero attached hydrogens (tertiary/aromatic N) is 2. The quantitative estimate of drug-likeness (QED) is 0.405. The topological polar surface area (TPSA) is 111 Å². The van der Waals surface area contributed by atoms with Gasteiger partial charge in [-0.25, -0.2) is 4.98 Å². The molecule has 8 nitrogen and oxygen atoms in total. The lowest BCUT2D eigenvalue weighted by Crippen LogP contribution is -2.21. The highest BCUT2D eigenvalue weighted by molar-refractivity contribution is 5.98. The number of aromatic nitrogens is 2. The first kappa shape index (κ1) is 21.5. The predicted octanol–water partition coefficient (Wildman–Crippen LogP) is 3.52. The molecule has 0 spiro atoms. The van der Waals surface area contributed by atoms with Crippen molar-refractivity contribution in [3.63, 3.8) is 0 Å². The third-order valence-corrected chi connectivity index (χ3v) is 4.87. The van der Waals surface area contributed by atoms with E-state index in [0.717, 1.165) is 5.39 Å². The molecule has 8 heteroatoms. The molecule has 0 amide bonds. The maximum absolute atomic E-state index is 12.2. The number of benzene rings is 2. The zero-order valence-electron chi connectivity index (χ0n) is 17.6. The molecule has 2 aromatic heterocycles. The van der Waals surface area contributed by atoms with Gasteiger partial charge in [-0.15, -0.1) is 0 Å². The van der Waals surface area contributed by atoms with Crippen molar-refractivity contribution in [1.29, 1.82) is 0 Å². The Morgan fingerprint density at radius 3 is 2.59 bits per heavy atom. The van der Waals surface area contributed by atoms with Crippen LogP contribution in [0.5, 0.6) is 23.0 Å². The van der Waals surface area contributed by atoms with Crippen molar-refractivity contribution < 1.29 is 29.2 Å². The fourth-order valence-electron chi connectivity index (χ4n) is 3.27. The van der Waals surface area contributed by atoms with E-state index in [0.29, 0.717) is 39.4 Å². The van der Waals surface area contributed by atoms with E-state index in [9.17, 15) is 9.90 Å². The van der Waals surface area contributed by atoms with Crippen LogP contribution in [0.2, 0.25) is 0 Å². The van der Waals surface area contributed by atoms with E-state index in [-0.39, 0.29) is 18.1 Å². The van der Waals surface area contributed by atoms with Gasteiger partial charge in [0.2, 0.25) is 0 Å². The number of para-hydroxylation sites is 1. The fourth-order valence-corrected chi connectivity index (χ4v) is 3.27. The summed E-state index contributed by atoms with van der Waals surface area (Å²) in [6.45, 7) is 0.936. The summed E-state index contributed by atoms with van der Waals surface area (Å²) in [5.74, 6) is 1.38. The van der Waals surface area contributed by atoms with E-state index < -0.39 is 12.7 Å². The Bertz CT molecular complexity index is 1290. The standard InChI is InChI=1S/C24H22N2O6/c1-14(28)24-23(9-15-5-3-4-6-18(15)26-24)32-20-7-8-25-19-11-22(31-13-16(29)12-27)21(30-2)10-17(19)20/h3-11,16,27,29H,12-13H2,1-2H3. The minimum Gasteiger partial charge on any atom is -0.493 e. The molecule has 0 fully saturated rings. The van der Waals surface area contributed by atoms with Crippen molar-refractivity contribution in [3.8, 4) is 23.0 Å². The summed E-state index contributed by atoms with van der Waals surface area (Å²) in [6.07, 6.45) is 0.571. The number of aliphatic hydroxyl groups is 2. The lowest BCUT2D eigenvalue weighted by atomic mass is 10.1. The van der Waals surface area contributed by atoms with Crippen LogP contribution >= 0.6 is 0 Å². The van der Waals surface area contributed by atoms with Crippen molar-refractivity contribution in [2.75, 3.05) is 20.3 Å². The maximum atomic E-state index is 12.2. The fraction of sp³-hybridized carbons (Fsp3) is 0.208. The first-order valence-electron chi connectivity index (χ1n) is 9.97. The van der Waals surface area contributed by atoms with Crippen molar-refractivity contribution >= 4 is 27.6 Å². The number of carbonyl (C=O) groups is 1. The molecule has 32 heavy (non-hydrogen) atoms. The van der Waals surface area contributed by atoms with Crippen LogP contribution in [-0.2, 0) is 0 Å². The Hall–Kier alpha value is -3.75. The number of rotatable bonds is 8. The van der Waals surface area contributed by atoms with Gasteiger partial charge >= 0.3 is 0 Å². The lowest BCUT2D eigenvalue weighted by molar-refractivity contribution is 0.0528. The van der Waals surface area contributed by atoms with E-state index in [2.05, 4.69) is 9.97 Å². The van der Waals surface area contributed by atoms with Crippen molar-refractivity contribution in [2.45, 2.75) is 13.0 Å². The highest BCUT2D eigenvalue weighted by Crippen LogP contribution is 2.38. The average Bonchev–Trinajstić information content (AvgIpc) is 2.81. The summed E-state index contributed by atoms with van der Waals surface area (Å²) in [6, 6.07) is 14.3. The number of hydrogen-bond donors (Lipinski definition) is 2. The van der Waals surface area contributed by atoms with Crippen LogP contribution < -0.4 is 14.2 Å². The Balaban J connectivity index is 1.77. The molecule has 0 aliphatic carbocycles. The van der Waals surface area contributed by atoms with Gasteiger partial charge in [-0.05, 0) is 24.3 Å². The van der Waals surface area contributed by atoms with Crippen molar-refractivity contribution in [3.05, 3.63) is 60.4 Å².